The Morgan fingerprint density at radius 3 is 2.77 bits per heavy atom. The number of nitrogens with one attached hydrogen (secondary N) is 2. The monoisotopic (exact) mass is 336 g/mol. The van der Waals surface area contributed by atoms with E-state index in [-0.39, 0.29) is 11.7 Å². The molecule has 2 N–H and O–H groups in total. The van der Waals surface area contributed by atoms with Crippen LogP contribution in [0.3, 0.4) is 0 Å². The van der Waals surface area contributed by atoms with Crippen molar-refractivity contribution in [1.29, 1.82) is 0 Å². The highest BCUT2D eigenvalue weighted by molar-refractivity contribution is 8.00. The summed E-state index contributed by atoms with van der Waals surface area (Å²) < 4.78 is 5.21. The van der Waals surface area contributed by atoms with E-state index >= 15 is 0 Å². The lowest BCUT2D eigenvalue weighted by Gasteiger charge is -2.08. The lowest BCUT2D eigenvalue weighted by molar-refractivity contribution is -0.117. The van der Waals surface area contributed by atoms with Crippen molar-refractivity contribution in [3.05, 3.63) is 46.7 Å². The quantitative estimate of drug-likeness (QED) is 0.796. The van der Waals surface area contributed by atoms with Gasteiger partial charge in [0.15, 0.2) is 0 Å². The molecule has 0 atom stereocenters. The number of methoxy groups -OCH3 is 1. The highest BCUT2D eigenvalue weighted by Crippen LogP contribution is 2.28. The molecule has 0 aliphatic rings. The molecule has 0 unspecified atom stereocenters. The van der Waals surface area contributed by atoms with Gasteiger partial charge in [0.25, 0.3) is 0 Å². The summed E-state index contributed by atoms with van der Waals surface area (Å²) in [5.74, 6) is 0.509. The molecule has 0 fully saturated rings. The van der Waals surface area contributed by atoms with E-state index < -0.39 is 6.03 Å². The van der Waals surface area contributed by atoms with Crippen LogP contribution in [0.2, 0.25) is 0 Å². The number of hydrogen-bond donors (Lipinski definition) is 2. The van der Waals surface area contributed by atoms with E-state index in [0.717, 1.165) is 9.77 Å². The first kappa shape index (κ1) is 16.4. The molecular formula is C15H16N2O3S2. The number of rotatable bonds is 6. The zero-order chi connectivity index (χ0) is 15.8. The van der Waals surface area contributed by atoms with Crippen LogP contribution in [0.1, 0.15) is 4.88 Å². The smallest absolute Gasteiger partial charge is 0.321 e. The minimum Gasteiger partial charge on any atom is -0.496 e. The van der Waals surface area contributed by atoms with Gasteiger partial charge in [0.05, 0.1) is 19.4 Å². The lowest BCUT2D eigenvalue weighted by Crippen LogP contribution is -2.39. The van der Waals surface area contributed by atoms with Gasteiger partial charge in [-0.2, -0.15) is 0 Å². The Balaban J connectivity index is 1.74. The number of ether oxygens (including phenoxy) is 1. The van der Waals surface area contributed by atoms with Crippen LogP contribution in [0.4, 0.5) is 4.79 Å². The highest BCUT2D eigenvalue weighted by Gasteiger charge is 2.10. The molecule has 2 rings (SSSR count). The van der Waals surface area contributed by atoms with Crippen LogP contribution in [-0.2, 0) is 11.3 Å². The fourth-order valence-electron chi connectivity index (χ4n) is 1.67. The topological polar surface area (TPSA) is 67.4 Å². The van der Waals surface area contributed by atoms with Crippen LogP contribution < -0.4 is 15.4 Å². The molecule has 7 heteroatoms. The number of benzene rings is 1. The molecule has 0 spiro atoms. The number of para-hydroxylation sites is 1. The number of imide groups is 1. The molecule has 0 saturated heterocycles. The van der Waals surface area contributed by atoms with Gasteiger partial charge in [-0.15, -0.1) is 23.1 Å². The molecule has 2 aromatic rings. The molecule has 1 aromatic heterocycles. The Hall–Kier alpha value is -1.99. The Labute approximate surface area is 137 Å². The maximum atomic E-state index is 11.8. The summed E-state index contributed by atoms with van der Waals surface area (Å²) in [6.07, 6.45) is 0. The van der Waals surface area contributed by atoms with E-state index in [0.29, 0.717) is 12.3 Å². The molecule has 1 aromatic carbocycles. The first-order valence-electron chi connectivity index (χ1n) is 6.55. The third-order valence-electron chi connectivity index (χ3n) is 2.68. The predicted octanol–water partition coefficient (Wildman–Crippen LogP) is 2.87. The van der Waals surface area contributed by atoms with E-state index in [2.05, 4.69) is 10.6 Å². The van der Waals surface area contributed by atoms with Crippen LogP contribution in [0, 0.1) is 0 Å². The van der Waals surface area contributed by atoms with Crippen molar-refractivity contribution in [1.82, 2.24) is 10.6 Å². The van der Waals surface area contributed by atoms with Gasteiger partial charge in [0, 0.05) is 9.77 Å². The summed E-state index contributed by atoms with van der Waals surface area (Å²) in [6.45, 7) is 0.413. The minimum absolute atomic E-state index is 0.146. The summed E-state index contributed by atoms with van der Waals surface area (Å²) in [5.41, 5.74) is 0. The molecule has 1 heterocycles. The number of thiophene rings is 1. The van der Waals surface area contributed by atoms with Gasteiger partial charge in [0.2, 0.25) is 5.91 Å². The second-order valence-electron chi connectivity index (χ2n) is 4.25. The molecule has 0 bridgehead atoms. The number of thioether (sulfide) groups is 1. The van der Waals surface area contributed by atoms with Crippen molar-refractivity contribution in [3.8, 4) is 5.75 Å². The maximum absolute atomic E-state index is 11.8. The number of urea groups is 1. The first-order valence-corrected chi connectivity index (χ1v) is 8.41. The van der Waals surface area contributed by atoms with Gasteiger partial charge < -0.3 is 10.1 Å². The molecule has 22 heavy (non-hydrogen) atoms. The number of carbonyl (C=O) groups excluding carboxylic acids is 2. The predicted molar refractivity (Wildman–Crippen MR) is 88.4 cm³/mol. The van der Waals surface area contributed by atoms with Gasteiger partial charge in [-0.3, -0.25) is 10.1 Å². The van der Waals surface area contributed by atoms with Gasteiger partial charge in [-0.1, -0.05) is 18.2 Å². The third-order valence-corrected chi connectivity index (χ3v) is 4.62. The second kappa shape index (κ2) is 8.45. The summed E-state index contributed by atoms with van der Waals surface area (Å²) in [4.78, 5) is 25.3. The van der Waals surface area contributed by atoms with Crippen LogP contribution in [0.15, 0.2) is 46.7 Å². The number of carbonyl (C=O) groups is 2. The Morgan fingerprint density at radius 1 is 1.23 bits per heavy atom. The summed E-state index contributed by atoms with van der Waals surface area (Å²) in [6, 6.07) is 10.8. The minimum atomic E-state index is -0.487. The third kappa shape index (κ3) is 5.09. The summed E-state index contributed by atoms with van der Waals surface area (Å²) in [5, 5.41) is 6.88. The van der Waals surface area contributed by atoms with E-state index in [1.54, 1.807) is 18.4 Å². The lowest BCUT2D eigenvalue weighted by atomic mass is 10.3. The molecule has 0 aliphatic carbocycles. The molecule has 5 nitrogen and oxygen atoms in total. The summed E-state index contributed by atoms with van der Waals surface area (Å²) >= 11 is 2.87. The Morgan fingerprint density at radius 2 is 2.05 bits per heavy atom. The van der Waals surface area contributed by atoms with Crippen LogP contribution >= 0.6 is 23.1 Å². The molecule has 0 radical (unpaired) electrons. The zero-order valence-electron chi connectivity index (χ0n) is 12.0. The highest BCUT2D eigenvalue weighted by atomic mass is 32.2. The van der Waals surface area contributed by atoms with E-state index in [4.69, 9.17) is 4.74 Å². The van der Waals surface area contributed by atoms with Crippen molar-refractivity contribution in [3.63, 3.8) is 0 Å². The van der Waals surface area contributed by atoms with Crippen LogP contribution in [0.25, 0.3) is 0 Å². The molecule has 116 valence electrons. The average molecular weight is 336 g/mol. The van der Waals surface area contributed by atoms with Crippen molar-refractivity contribution < 1.29 is 14.3 Å². The molecule has 0 aliphatic heterocycles. The normalized spacial score (nSPS) is 10.0. The molecule has 0 saturated carbocycles. The van der Waals surface area contributed by atoms with Gasteiger partial charge >= 0.3 is 6.03 Å². The average Bonchev–Trinajstić information content (AvgIpc) is 3.04. The number of hydrogen-bond acceptors (Lipinski definition) is 5. The van der Waals surface area contributed by atoms with Gasteiger partial charge in [0.1, 0.15) is 5.75 Å². The first-order chi connectivity index (χ1) is 10.7. The second-order valence-corrected chi connectivity index (χ2v) is 6.30. The standard InChI is InChI=1S/C15H16N2O3S2/c1-20-12-6-2-3-7-13(12)22-10-14(18)17-15(19)16-9-11-5-4-8-21-11/h2-8H,9-10H2,1H3,(H2,16,17,18,19). The van der Waals surface area contributed by atoms with Crippen molar-refractivity contribution in [2.24, 2.45) is 0 Å². The van der Waals surface area contributed by atoms with Crippen molar-refractivity contribution in [2.45, 2.75) is 11.4 Å². The fraction of sp³-hybridized carbons (Fsp3) is 0.200. The van der Waals surface area contributed by atoms with Crippen LogP contribution in [-0.4, -0.2) is 24.8 Å². The van der Waals surface area contributed by atoms with Gasteiger partial charge in [-0.25, -0.2) is 4.79 Å². The van der Waals surface area contributed by atoms with Crippen molar-refractivity contribution in [2.75, 3.05) is 12.9 Å². The SMILES string of the molecule is COc1ccccc1SCC(=O)NC(=O)NCc1cccs1. The van der Waals surface area contributed by atoms with E-state index in [1.807, 2.05) is 41.8 Å². The Kier molecular flexibility index (Phi) is 6.29. The molecular weight excluding hydrogens is 320 g/mol. The summed E-state index contributed by atoms with van der Waals surface area (Å²) in [7, 11) is 1.58. The van der Waals surface area contributed by atoms with Crippen LogP contribution in [0.5, 0.6) is 5.75 Å². The van der Waals surface area contributed by atoms with Crippen molar-refractivity contribution >= 4 is 35.0 Å². The fourth-order valence-corrected chi connectivity index (χ4v) is 3.14. The van der Waals surface area contributed by atoms with E-state index in [9.17, 15) is 9.59 Å². The zero-order valence-corrected chi connectivity index (χ0v) is 13.6. The number of amides is 3. The largest absolute Gasteiger partial charge is 0.496 e. The van der Waals surface area contributed by atoms with E-state index in [1.165, 1.54) is 11.8 Å². The Bertz CT molecular complexity index is 629. The maximum Gasteiger partial charge on any atom is 0.321 e. The van der Waals surface area contributed by atoms with Gasteiger partial charge in [-0.05, 0) is 23.6 Å². The molecule has 3 amide bonds.